The largest absolute Gasteiger partial charge is 0.361 e. The van der Waals surface area contributed by atoms with Crippen molar-refractivity contribution in [2.24, 2.45) is 0 Å². The monoisotopic (exact) mass is 321 g/mol. The molecule has 0 aliphatic carbocycles. The summed E-state index contributed by atoms with van der Waals surface area (Å²) in [5.41, 5.74) is 6.55. The van der Waals surface area contributed by atoms with Gasteiger partial charge in [0.25, 0.3) is 0 Å². The van der Waals surface area contributed by atoms with Gasteiger partial charge in [0.05, 0.1) is 31.4 Å². The molecule has 0 heterocycles. The van der Waals surface area contributed by atoms with Crippen molar-refractivity contribution in [3.8, 4) is 0 Å². The molecule has 0 amide bonds. The van der Waals surface area contributed by atoms with Gasteiger partial charge >= 0.3 is 0 Å². The summed E-state index contributed by atoms with van der Waals surface area (Å²) in [7, 11) is 4.25. The van der Waals surface area contributed by atoms with Gasteiger partial charge in [0, 0.05) is 18.0 Å². The predicted molar refractivity (Wildman–Crippen MR) is 86.1 cm³/mol. The molecule has 0 saturated heterocycles. The minimum absolute atomic E-state index is 0.541. The van der Waals surface area contributed by atoms with Gasteiger partial charge in [-0.05, 0) is 30.4 Å². The molecule has 0 fully saturated rings. The number of hydrogen-bond donors (Lipinski definition) is 4. The normalized spacial score (nSPS) is 10.4. The van der Waals surface area contributed by atoms with E-state index in [0.717, 1.165) is 25.2 Å². The molecule has 0 atom stereocenters. The van der Waals surface area contributed by atoms with Crippen LogP contribution in [-0.4, -0.2) is 32.3 Å². The average molecular weight is 322 g/mol. The Kier molecular flexibility index (Phi) is 7.23. The van der Waals surface area contributed by atoms with Crippen molar-refractivity contribution in [1.29, 1.82) is 0 Å². The molecular weight excluding hydrogens is 303 g/mol. The Hall–Kier alpha value is -0.750. The fraction of sp³-hybridized carbons (Fsp3) is 0.417. The minimum Gasteiger partial charge on any atom is -0.361 e. The van der Waals surface area contributed by atoms with Crippen molar-refractivity contribution in [1.82, 2.24) is 10.7 Å². The molecule has 0 radical (unpaired) electrons. The standard InChI is InChI=1S/C12H18Cl2N4S/c1-18(2)7-3-6-15-12(19)17-16-11-5-4-9(13)8-10(11)14/h4-5,8,16H,3,6-7H2,1-2H3,(H2,15,17,19)/p+1. The van der Waals surface area contributed by atoms with Gasteiger partial charge in [0.2, 0.25) is 0 Å². The van der Waals surface area contributed by atoms with E-state index in [2.05, 4.69) is 30.3 Å². The molecule has 0 unspecified atom stereocenters. The van der Waals surface area contributed by atoms with Gasteiger partial charge in [-0.15, -0.1) is 0 Å². The van der Waals surface area contributed by atoms with Crippen molar-refractivity contribution in [2.75, 3.05) is 32.6 Å². The Balaban J connectivity index is 2.26. The molecule has 1 aromatic carbocycles. The first-order valence-corrected chi connectivity index (χ1v) is 7.19. The van der Waals surface area contributed by atoms with Crippen LogP contribution in [0, 0.1) is 0 Å². The zero-order valence-corrected chi connectivity index (χ0v) is 13.3. The van der Waals surface area contributed by atoms with Gasteiger partial charge in [-0.2, -0.15) is 0 Å². The van der Waals surface area contributed by atoms with E-state index in [4.69, 9.17) is 35.4 Å². The molecule has 7 heteroatoms. The van der Waals surface area contributed by atoms with E-state index in [1.165, 1.54) is 4.90 Å². The number of quaternary nitrogens is 1. The van der Waals surface area contributed by atoms with Crippen LogP contribution in [0.2, 0.25) is 10.0 Å². The topological polar surface area (TPSA) is 40.5 Å². The van der Waals surface area contributed by atoms with Crippen LogP contribution in [0.1, 0.15) is 6.42 Å². The summed E-state index contributed by atoms with van der Waals surface area (Å²) in [4.78, 5) is 1.42. The van der Waals surface area contributed by atoms with Crippen molar-refractivity contribution in [2.45, 2.75) is 6.42 Å². The van der Waals surface area contributed by atoms with Gasteiger partial charge in [0.1, 0.15) is 0 Å². The number of nitrogens with one attached hydrogen (secondary N) is 4. The summed E-state index contributed by atoms with van der Waals surface area (Å²) in [6.45, 7) is 1.94. The second-order valence-corrected chi connectivity index (χ2v) is 5.69. The minimum atomic E-state index is 0.541. The average Bonchev–Trinajstić information content (AvgIpc) is 2.33. The van der Waals surface area contributed by atoms with E-state index in [0.29, 0.717) is 15.2 Å². The molecule has 106 valence electrons. The lowest BCUT2D eigenvalue weighted by Crippen LogP contribution is -3.05. The Labute approximate surface area is 129 Å². The first-order chi connectivity index (χ1) is 8.99. The third-order valence-corrected chi connectivity index (χ3v) is 3.18. The van der Waals surface area contributed by atoms with Crippen LogP contribution in [-0.2, 0) is 0 Å². The van der Waals surface area contributed by atoms with E-state index in [1.54, 1.807) is 18.2 Å². The third kappa shape index (κ3) is 6.82. The van der Waals surface area contributed by atoms with Crippen molar-refractivity contribution in [3.05, 3.63) is 28.2 Å². The SMILES string of the molecule is C[NH+](C)CCCNC(=S)NNc1ccc(Cl)cc1Cl. The molecular formula is C12H19Cl2N4S+. The lowest BCUT2D eigenvalue weighted by molar-refractivity contribution is -0.858. The molecule has 0 aliphatic heterocycles. The number of halogens is 2. The summed E-state index contributed by atoms with van der Waals surface area (Å²) in [6.07, 6.45) is 1.06. The molecule has 0 saturated carbocycles. The zero-order valence-electron chi connectivity index (χ0n) is 11.0. The summed E-state index contributed by atoms with van der Waals surface area (Å²) in [5.74, 6) is 0. The van der Waals surface area contributed by atoms with Crippen LogP contribution in [0.25, 0.3) is 0 Å². The zero-order chi connectivity index (χ0) is 14.3. The van der Waals surface area contributed by atoms with Crippen LogP contribution in [0.4, 0.5) is 5.69 Å². The lowest BCUT2D eigenvalue weighted by atomic mass is 10.3. The molecule has 4 N–H and O–H groups in total. The van der Waals surface area contributed by atoms with Crippen LogP contribution >= 0.6 is 35.4 Å². The molecule has 0 bridgehead atoms. The number of anilines is 1. The number of benzene rings is 1. The maximum absolute atomic E-state index is 6.02. The highest BCUT2D eigenvalue weighted by Gasteiger charge is 2.01. The van der Waals surface area contributed by atoms with Gasteiger partial charge in [-0.25, -0.2) is 0 Å². The van der Waals surface area contributed by atoms with Gasteiger partial charge in [-0.3, -0.25) is 10.9 Å². The van der Waals surface area contributed by atoms with Crippen LogP contribution < -0.4 is 21.1 Å². The predicted octanol–water partition coefficient (Wildman–Crippen LogP) is 1.32. The van der Waals surface area contributed by atoms with E-state index < -0.39 is 0 Å². The highest BCUT2D eigenvalue weighted by atomic mass is 35.5. The van der Waals surface area contributed by atoms with Gasteiger partial charge in [0.15, 0.2) is 5.11 Å². The molecule has 19 heavy (non-hydrogen) atoms. The molecule has 1 rings (SSSR count). The summed E-state index contributed by atoms with van der Waals surface area (Å²) in [6, 6.07) is 5.22. The molecule has 1 aromatic rings. The summed E-state index contributed by atoms with van der Waals surface area (Å²) < 4.78 is 0. The Morgan fingerprint density at radius 2 is 2.05 bits per heavy atom. The van der Waals surface area contributed by atoms with Crippen LogP contribution in [0.3, 0.4) is 0 Å². The lowest BCUT2D eigenvalue weighted by Gasteiger charge is -2.14. The second kappa shape index (κ2) is 8.43. The maximum Gasteiger partial charge on any atom is 0.185 e. The fourth-order valence-corrected chi connectivity index (χ4v) is 2.01. The van der Waals surface area contributed by atoms with Crippen molar-refractivity contribution < 1.29 is 4.90 Å². The molecule has 0 aliphatic rings. The highest BCUT2D eigenvalue weighted by Crippen LogP contribution is 2.24. The smallest absolute Gasteiger partial charge is 0.185 e. The third-order valence-electron chi connectivity index (χ3n) is 2.38. The van der Waals surface area contributed by atoms with Crippen LogP contribution in [0.5, 0.6) is 0 Å². The van der Waals surface area contributed by atoms with Crippen LogP contribution in [0.15, 0.2) is 18.2 Å². The Bertz CT molecular complexity index is 426. The van der Waals surface area contributed by atoms with E-state index in [1.807, 2.05) is 0 Å². The maximum atomic E-state index is 6.02. The first kappa shape index (κ1) is 16.3. The van der Waals surface area contributed by atoms with Crippen molar-refractivity contribution in [3.63, 3.8) is 0 Å². The number of rotatable bonds is 6. The Morgan fingerprint density at radius 1 is 1.32 bits per heavy atom. The van der Waals surface area contributed by atoms with E-state index in [-0.39, 0.29) is 0 Å². The Morgan fingerprint density at radius 3 is 2.68 bits per heavy atom. The number of hydrogen-bond acceptors (Lipinski definition) is 2. The molecule has 4 nitrogen and oxygen atoms in total. The quantitative estimate of drug-likeness (QED) is 0.362. The van der Waals surface area contributed by atoms with E-state index >= 15 is 0 Å². The number of thiocarbonyl (C=S) groups is 1. The molecule has 0 aromatic heterocycles. The summed E-state index contributed by atoms with van der Waals surface area (Å²) >= 11 is 17.0. The highest BCUT2D eigenvalue weighted by molar-refractivity contribution is 7.80. The summed E-state index contributed by atoms with van der Waals surface area (Å²) in [5, 5.41) is 4.80. The number of hydrazine groups is 1. The van der Waals surface area contributed by atoms with Crippen molar-refractivity contribution >= 4 is 46.2 Å². The van der Waals surface area contributed by atoms with Gasteiger partial charge < -0.3 is 10.2 Å². The van der Waals surface area contributed by atoms with Gasteiger partial charge in [-0.1, -0.05) is 23.2 Å². The van der Waals surface area contributed by atoms with E-state index in [9.17, 15) is 0 Å². The first-order valence-electron chi connectivity index (χ1n) is 6.03. The second-order valence-electron chi connectivity index (χ2n) is 4.44. The fourth-order valence-electron chi connectivity index (χ4n) is 1.40. The molecule has 0 spiro atoms.